The molecule has 2 rings (SSSR count). The number of hydrogen-bond acceptors (Lipinski definition) is 4. The molecule has 0 aliphatic heterocycles. The Morgan fingerprint density at radius 1 is 1.39 bits per heavy atom. The molecule has 0 radical (unpaired) electrons. The summed E-state index contributed by atoms with van der Waals surface area (Å²) in [5, 5.41) is 13.3. The summed E-state index contributed by atoms with van der Waals surface area (Å²) in [6.45, 7) is 3.68. The van der Waals surface area contributed by atoms with Gasteiger partial charge in [-0.15, -0.1) is 0 Å². The topological polar surface area (TPSA) is 76.9 Å². The second-order valence-electron chi connectivity index (χ2n) is 4.13. The summed E-state index contributed by atoms with van der Waals surface area (Å²) in [5.74, 6) is 1.12. The number of aryl methyl sites for hydroxylation is 3. The van der Waals surface area contributed by atoms with Crippen molar-refractivity contribution in [2.24, 2.45) is 7.05 Å². The number of nitriles is 1. The van der Waals surface area contributed by atoms with E-state index in [-0.39, 0.29) is 0 Å². The van der Waals surface area contributed by atoms with Gasteiger partial charge in [0.15, 0.2) is 0 Å². The average Bonchev–Trinajstić information content (AvgIpc) is 2.57. The van der Waals surface area contributed by atoms with Crippen LogP contribution in [0.2, 0.25) is 0 Å². The maximum Gasteiger partial charge on any atom is 0.235 e. The summed E-state index contributed by atoms with van der Waals surface area (Å²) in [6.07, 6.45) is 0. The van der Waals surface area contributed by atoms with Crippen LogP contribution in [0.5, 0.6) is 11.6 Å². The van der Waals surface area contributed by atoms with Crippen molar-refractivity contribution in [3.8, 4) is 17.7 Å². The molecule has 1 heterocycles. The molecule has 0 spiro atoms. The van der Waals surface area contributed by atoms with E-state index in [2.05, 4.69) is 11.2 Å². The van der Waals surface area contributed by atoms with Gasteiger partial charge in [0.2, 0.25) is 5.88 Å². The lowest BCUT2D eigenvalue weighted by Crippen LogP contribution is -1.97. The van der Waals surface area contributed by atoms with Gasteiger partial charge in [-0.3, -0.25) is 0 Å². The van der Waals surface area contributed by atoms with Crippen LogP contribution in [-0.4, -0.2) is 9.78 Å². The molecule has 1 aromatic carbocycles. The number of nitrogen functional groups attached to an aromatic ring is 1. The molecule has 0 bridgehead atoms. The maximum atomic E-state index is 9.10. The summed E-state index contributed by atoms with van der Waals surface area (Å²) in [6, 6.07) is 7.47. The number of ether oxygens (including phenoxy) is 1. The Morgan fingerprint density at radius 2 is 2.11 bits per heavy atom. The van der Waals surface area contributed by atoms with E-state index in [0.717, 1.165) is 5.56 Å². The number of rotatable bonds is 2. The van der Waals surface area contributed by atoms with Crippen LogP contribution in [-0.2, 0) is 7.05 Å². The van der Waals surface area contributed by atoms with E-state index in [1.165, 1.54) is 0 Å². The normalized spacial score (nSPS) is 10.1. The highest BCUT2D eigenvalue weighted by atomic mass is 16.5. The number of aromatic nitrogens is 2. The number of nitrogens with two attached hydrogens (primary N) is 1. The zero-order valence-corrected chi connectivity index (χ0v) is 10.6. The summed E-state index contributed by atoms with van der Waals surface area (Å²) in [7, 11) is 1.75. The van der Waals surface area contributed by atoms with Gasteiger partial charge in [0.1, 0.15) is 17.4 Å². The molecule has 5 heteroatoms. The number of benzene rings is 1. The van der Waals surface area contributed by atoms with Crippen molar-refractivity contribution in [3.63, 3.8) is 0 Å². The minimum atomic E-state index is 0.447. The predicted octanol–water partition coefficient (Wildman–Crippen LogP) is 2.28. The van der Waals surface area contributed by atoms with E-state index in [1.807, 2.05) is 13.0 Å². The van der Waals surface area contributed by atoms with E-state index in [0.29, 0.717) is 28.6 Å². The van der Waals surface area contributed by atoms with Gasteiger partial charge in [-0.25, -0.2) is 4.68 Å². The predicted molar refractivity (Wildman–Crippen MR) is 68.3 cm³/mol. The minimum absolute atomic E-state index is 0.447. The third-order valence-corrected chi connectivity index (χ3v) is 2.69. The van der Waals surface area contributed by atoms with Crippen molar-refractivity contribution in [2.75, 3.05) is 5.73 Å². The van der Waals surface area contributed by atoms with Gasteiger partial charge in [-0.1, -0.05) is 0 Å². The molecule has 0 aliphatic carbocycles. The standard InChI is InChI=1S/C13H14N4O/c1-8-6-10(15)4-5-12(8)18-13-11(7-14)9(2)16-17(13)3/h4-6H,15H2,1-3H3. The van der Waals surface area contributed by atoms with Gasteiger partial charge in [-0.2, -0.15) is 10.4 Å². The first kappa shape index (κ1) is 12.0. The fraction of sp³-hybridized carbons (Fsp3) is 0.231. The van der Waals surface area contributed by atoms with Crippen LogP contribution in [0.3, 0.4) is 0 Å². The highest BCUT2D eigenvalue weighted by Gasteiger charge is 2.15. The quantitative estimate of drug-likeness (QED) is 0.819. The second kappa shape index (κ2) is 4.41. The van der Waals surface area contributed by atoms with Crippen LogP contribution in [0.4, 0.5) is 5.69 Å². The third-order valence-electron chi connectivity index (χ3n) is 2.69. The van der Waals surface area contributed by atoms with Gasteiger partial charge in [0, 0.05) is 12.7 Å². The lowest BCUT2D eigenvalue weighted by Gasteiger charge is -2.09. The first-order valence-electron chi connectivity index (χ1n) is 5.50. The van der Waals surface area contributed by atoms with Crippen LogP contribution in [0.1, 0.15) is 16.8 Å². The number of nitrogens with zero attached hydrogens (tertiary/aromatic N) is 3. The van der Waals surface area contributed by atoms with Gasteiger partial charge in [0.25, 0.3) is 0 Å². The van der Waals surface area contributed by atoms with Crippen molar-refractivity contribution >= 4 is 5.69 Å². The monoisotopic (exact) mass is 242 g/mol. The van der Waals surface area contributed by atoms with Crippen molar-refractivity contribution < 1.29 is 4.74 Å². The number of anilines is 1. The molecule has 0 amide bonds. The maximum absolute atomic E-state index is 9.10. The Bertz CT molecular complexity index is 637. The molecule has 0 unspecified atom stereocenters. The van der Waals surface area contributed by atoms with E-state index in [9.17, 15) is 0 Å². The summed E-state index contributed by atoms with van der Waals surface area (Å²) < 4.78 is 7.32. The highest BCUT2D eigenvalue weighted by Crippen LogP contribution is 2.29. The van der Waals surface area contributed by atoms with Crippen molar-refractivity contribution in [3.05, 3.63) is 35.0 Å². The molecule has 92 valence electrons. The van der Waals surface area contributed by atoms with Crippen LogP contribution in [0, 0.1) is 25.2 Å². The number of hydrogen-bond donors (Lipinski definition) is 1. The molecule has 2 aromatic rings. The largest absolute Gasteiger partial charge is 0.438 e. The zero-order valence-electron chi connectivity index (χ0n) is 10.6. The molecule has 0 aliphatic rings. The van der Waals surface area contributed by atoms with E-state index in [4.69, 9.17) is 15.7 Å². The lowest BCUT2D eigenvalue weighted by molar-refractivity contribution is 0.427. The summed E-state index contributed by atoms with van der Waals surface area (Å²) in [4.78, 5) is 0. The first-order valence-corrected chi connectivity index (χ1v) is 5.50. The second-order valence-corrected chi connectivity index (χ2v) is 4.13. The highest BCUT2D eigenvalue weighted by molar-refractivity contribution is 5.50. The Labute approximate surface area is 105 Å². The average molecular weight is 242 g/mol. The van der Waals surface area contributed by atoms with Crippen molar-refractivity contribution in [2.45, 2.75) is 13.8 Å². The zero-order chi connectivity index (χ0) is 13.3. The van der Waals surface area contributed by atoms with Gasteiger partial charge in [0.05, 0.1) is 5.69 Å². The van der Waals surface area contributed by atoms with Crippen molar-refractivity contribution in [1.82, 2.24) is 9.78 Å². The molecule has 0 saturated heterocycles. The molecule has 0 fully saturated rings. The molecule has 0 atom stereocenters. The molecule has 1 aromatic heterocycles. The molecule has 5 nitrogen and oxygen atoms in total. The van der Waals surface area contributed by atoms with Crippen LogP contribution >= 0.6 is 0 Å². The Kier molecular flexibility index (Phi) is 2.94. The van der Waals surface area contributed by atoms with Crippen LogP contribution < -0.4 is 10.5 Å². The van der Waals surface area contributed by atoms with E-state index < -0.39 is 0 Å². The lowest BCUT2D eigenvalue weighted by atomic mass is 10.2. The van der Waals surface area contributed by atoms with E-state index >= 15 is 0 Å². The third kappa shape index (κ3) is 2.00. The Morgan fingerprint density at radius 3 is 2.72 bits per heavy atom. The molecular weight excluding hydrogens is 228 g/mol. The smallest absolute Gasteiger partial charge is 0.235 e. The minimum Gasteiger partial charge on any atom is -0.438 e. The molecule has 2 N–H and O–H groups in total. The SMILES string of the molecule is Cc1cc(N)ccc1Oc1c(C#N)c(C)nn1C. The molecule has 0 saturated carbocycles. The van der Waals surface area contributed by atoms with Crippen LogP contribution in [0.25, 0.3) is 0 Å². The summed E-state index contributed by atoms with van der Waals surface area (Å²) in [5.41, 5.74) is 8.39. The Hall–Kier alpha value is -2.48. The molecule has 18 heavy (non-hydrogen) atoms. The van der Waals surface area contributed by atoms with Crippen molar-refractivity contribution in [1.29, 1.82) is 5.26 Å². The summed E-state index contributed by atoms with van der Waals surface area (Å²) >= 11 is 0. The van der Waals surface area contributed by atoms with Crippen LogP contribution in [0.15, 0.2) is 18.2 Å². The van der Waals surface area contributed by atoms with E-state index in [1.54, 1.807) is 30.8 Å². The first-order chi connectivity index (χ1) is 8.52. The van der Waals surface area contributed by atoms with Gasteiger partial charge >= 0.3 is 0 Å². The van der Waals surface area contributed by atoms with Gasteiger partial charge < -0.3 is 10.5 Å². The Balaban J connectivity index is 2.43. The fourth-order valence-corrected chi connectivity index (χ4v) is 1.77. The molecular formula is C13H14N4O. The van der Waals surface area contributed by atoms with Gasteiger partial charge in [-0.05, 0) is 37.6 Å². The fourth-order valence-electron chi connectivity index (χ4n) is 1.77.